The van der Waals surface area contributed by atoms with Crippen LogP contribution >= 0.6 is 0 Å². The van der Waals surface area contributed by atoms with Gasteiger partial charge in [-0.05, 0) is 36.5 Å². The highest BCUT2D eigenvalue weighted by Gasteiger charge is 2.10. The van der Waals surface area contributed by atoms with Crippen molar-refractivity contribution in [2.24, 2.45) is 5.92 Å². The molecule has 0 amide bonds. The van der Waals surface area contributed by atoms with E-state index in [1.165, 1.54) is 12.8 Å². The second-order valence-electron chi connectivity index (χ2n) is 4.86. The molecule has 0 heterocycles. The molecule has 0 aliphatic rings. The Kier molecular flexibility index (Phi) is 6.06. The average Bonchev–Trinajstić information content (AvgIpc) is 2.37. The van der Waals surface area contributed by atoms with Gasteiger partial charge in [-0.3, -0.25) is 0 Å². The lowest BCUT2D eigenvalue weighted by Gasteiger charge is -2.21. The zero-order valence-electron chi connectivity index (χ0n) is 11.2. The van der Waals surface area contributed by atoms with E-state index in [2.05, 4.69) is 32.2 Å². The maximum atomic E-state index is 9.11. The number of aliphatic hydroxyl groups excluding tert-OH is 1. The van der Waals surface area contributed by atoms with Crippen LogP contribution in [0, 0.1) is 5.92 Å². The zero-order valence-corrected chi connectivity index (χ0v) is 11.2. The molecule has 0 fully saturated rings. The summed E-state index contributed by atoms with van der Waals surface area (Å²) in [5.74, 6) is 0.758. The fourth-order valence-corrected chi connectivity index (χ4v) is 1.98. The molecule has 0 aliphatic carbocycles. The predicted molar refractivity (Wildman–Crippen MR) is 74.1 cm³/mol. The van der Waals surface area contributed by atoms with E-state index in [0.29, 0.717) is 6.04 Å². The van der Waals surface area contributed by atoms with Gasteiger partial charge in [0.1, 0.15) is 0 Å². The van der Waals surface area contributed by atoms with Crippen molar-refractivity contribution in [3.8, 4) is 0 Å². The van der Waals surface area contributed by atoms with Gasteiger partial charge < -0.3 is 10.4 Å². The second-order valence-corrected chi connectivity index (χ2v) is 4.86. The van der Waals surface area contributed by atoms with Gasteiger partial charge in [-0.2, -0.15) is 0 Å². The van der Waals surface area contributed by atoms with Crippen LogP contribution in [0.2, 0.25) is 0 Å². The minimum absolute atomic E-state index is 0.109. The Bertz CT molecular complexity index is 324. The predicted octanol–water partition coefficient (Wildman–Crippen LogP) is 3.81. The SMILES string of the molecule is CCC(C)CC(CC)Nc1cccc(CO)c1. The molecule has 0 aromatic heterocycles. The molecule has 17 heavy (non-hydrogen) atoms. The summed E-state index contributed by atoms with van der Waals surface area (Å²) in [5.41, 5.74) is 2.08. The number of aliphatic hydroxyl groups is 1. The van der Waals surface area contributed by atoms with Gasteiger partial charge in [-0.1, -0.05) is 39.3 Å². The van der Waals surface area contributed by atoms with Crippen LogP contribution in [0.15, 0.2) is 24.3 Å². The first-order chi connectivity index (χ1) is 8.19. The van der Waals surface area contributed by atoms with Crippen LogP contribution in [-0.2, 0) is 6.61 Å². The summed E-state index contributed by atoms with van der Waals surface area (Å²) in [6.07, 6.45) is 3.57. The number of hydrogen-bond acceptors (Lipinski definition) is 2. The normalized spacial score (nSPS) is 14.4. The lowest BCUT2D eigenvalue weighted by molar-refractivity contribution is 0.282. The molecule has 0 saturated carbocycles. The Labute approximate surface area is 105 Å². The van der Waals surface area contributed by atoms with Crippen molar-refractivity contribution in [2.45, 2.75) is 52.7 Å². The number of anilines is 1. The van der Waals surface area contributed by atoms with Gasteiger partial charge in [0.25, 0.3) is 0 Å². The van der Waals surface area contributed by atoms with E-state index < -0.39 is 0 Å². The second kappa shape index (κ2) is 7.33. The smallest absolute Gasteiger partial charge is 0.0682 e. The van der Waals surface area contributed by atoms with Crippen molar-refractivity contribution >= 4 is 5.69 Å². The molecule has 2 nitrogen and oxygen atoms in total. The maximum absolute atomic E-state index is 9.11. The van der Waals surface area contributed by atoms with Gasteiger partial charge in [0.15, 0.2) is 0 Å². The van der Waals surface area contributed by atoms with Crippen molar-refractivity contribution in [3.63, 3.8) is 0 Å². The summed E-state index contributed by atoms with van der Waals surface area (Å²) in [5, 5.41) is 12.7. The molecule has 0 bridgehead atoms. The number of hydrogen-bond donors (Lipinski definition) is 2. The van der Waals surface area contributed by atoms with E-state index >= 15 is 0 Å². The fourth-order valence-electron chi connectivity index (χ4n) is 1.98. The van der Waals surface area contributed by atoms with Crippen molar-refractivity contribution < 1.29 is 5.11 Å². The molecule has 2 atom stereocenters. The third-order valence-corrected chi connectivity index (χ3v) is 3.36. The molecule has 2 heteroatoms. The fraction of sp³-hybridized carbons (Fsp3) is 0.600. The van der Waals surface area contributed by atoms with Crippen LogP contribution in [0.25, 0.3) is 0 Å². The highest BCUT2D eigenvalue weighted by Crippen LogP contribution is 2.18. The van der Waals surface area contributed by atoms with Gasteiger partial charge in [-0.25, -0.2) is 0 Å². The molecule has 0 saturated heterocycles. The first-order valence-corrected chi connectivity index (χ1v) is 6.65. The Morgan fingerprint density at radius 2 is 2.00 bits per heavy atom. The first kappa shape index (κ1) is 14.0. The standard InChI is InChI=1S/C15H25NO/c1-4-12(3)9-14(5-2)16-15-8-6-7-13(10-15)11-17/h6-8,10,12,14,16-17H,4-5,9,11H2,1-3H3. The van der Waals surface area contributed by atoms with Crippen molar-refractivity contribution in [3.05, 3.63) is 29.8 Å². The summed E-state index contributed by atoms with van der Waals surface area (Å²) >= 11 is 0. The van der Waals surface area contributed by atoms with Crippen LogP contribution in [0.1, 0.15) is 45.6 Å². The number of benzene rings is 1. The van der Waals surface area contributed by atoms with Gasteiger partial charge >= 0.3 is 0 Å². The topological polar surface area (TPSA) is 32.3 Å². The first-order valence-electron chi connectivity index (χ1n) is 6.65. The zero-order chi connectivity index (χ0) is 12.7. The Balaban J connectivity index is 2.60. The van der Waals surface area contributed by atoms with E-state index in [0.717, 1.165) is 23.6 Å². The quantitative estimate of drug-likeness (QED) is 0.753. The largest absolute Gasteiger partial charge is 0.392 e. The minimum atomic E-state index is 0.109. The molecule has 1 aromatic carbocycles. The van der Waals surface area contributed by atoms with E-state index in [9.17, 15) is 0 Å². The van der Waals surface area contributed by atoms with Crippen molar-refractivity contribution in [1.82, 2.24) is 0 Å². The Morgan fingerprint density at radius 1 is 1.24 bits per heavy atom. The van der Waals surface area contributed by atoms with Crippen LogP contribution in [0.4, 0.5) is 5.69 Å². The lowest BCUT2D eigenvalue weighted by Crippen LogP contribution is -2.21. The summed E-state index contributed by atoms with van der Waals surface area (Å²) in [4.78, 5) is 0. The molecule has 2 N–H and O–H groups in total. The Hall–Kier alpha value is -1.02. The van der Waals surface area contributed by atoms with Crippen LogP contribution < -0.4 is 5.32 Å². The number of rotatable bonds is 7. The van der Waals surface area contributed by atoms with Crippen molar-refractivity contribution in [1.29, 1.82) is 0 Å². The van der Waals surface area contributed by atoms with Gasteiger partial charge in [-0.15, -0.1) is 0 Å². The summed E-state index contributed by atoms with van der Waals surface area (Å²) in [7, 11) is 0. The third-order valence-electron chi connectivity index (χ3n) is 3.36. The molecular formula is C15H25NO. The third kappa shape index (κ3) is 4.78. The van der Waals surface area contributed by atoms with Gasteiger partial charge in [0.2, 0.25) is 0 Å². The molecule has 1 rings (SSSR count). The van der Waals surface area contributed by atoms with Gasteiger partial charge in [0, 0.05) is 11.7 Å². The molecule has 0 spiro atoms. The van der Waals surface area contributed by atoms with E-state index in [-0.39, 0.29) is 6.61 Å². The van der Waals surface area contributed by atoms with Crippen molar-refractivity contribution in [2.75, 3.05) is 5.32 Å². The highest BCUT2D eigenvalue weighted by molar-refractivity contribution is 5.46. The highest BCUT2D eigenvalue weighted by atomic mass is 16.3. The van der Waals surface area contributed by atoms with E-state index in [1.54, 1.807) is 0 Å². The monoisotopic (exact) mass is 235 g/mol. The summed E-state index contributed by atoms with van der Waals surface area (Å²) < 4.78 is 0. The molecule has 96 valence electrons. The molecular weight excluding hydrogens is 210 g/mol. The van der Waals surface area contributed by atoms with Crippen LogP contribution in [0.5, 0.6) is 0 Å². The lowest BCUT2D eigenvalue weighted by atomic mass is 9.97. The molecule has 1 aromatic rings. The van der Waals surface area contributed by atoms with Gasteiger partial charge in [0.05, 0.1) is 6.61 Å². The van der Waals surface area contributed by atoms with E-state index in [1.807, 2.05) is 18.2 Å². The summed E-state index contributed by atoms with van der Waals surface area (Å²) in [6, 6.07) is 8.56. The van der Waals surface area contributed by atoms with Crippen LogP contribution in [0.3, 0.4) is 0 Å². The Morgan fingerprint density at radius 3 is 2.59 bits per heavy atom. The number of nitrogens with one attached hydrogen (secondary N) is 1. The molecule has 0 aliphatic heterocycles. The summed E-state index contributed by atoms with van der Waals surface area (Å²) in [6.45, 7) is 6.87. The minimum Gasteiger partial charge on any atom is -0.392 e. The van der Waals surface area contributed by atoms with Crippen LogP contribution in [-0.4, -0.2) is 11.1 Å². The molecule has 0 radical (unpaired) electrons. The molecule has 2 unspecified atom stereocenters. The average molecular weight is 235 g/mol. The maximum Gasteiger partial charge on any atom is 0.0682 e. The van der Waals surface area contributed by atoms with E-state index in [4.69, 9.17) is 5.11 Å².